The lowest BCUT2D eigenvalue weighted by Crippen LogP contribution is -2.46. The minimum Gasteiger partial charge on any atom is -0.354 e. The Morgan fingerprint density at radius 3 is 2.35 bits per heavy atom. The van der Waals surface area contributed by atoms with Gasteiger partial charge in [0.2, 0.25) is 5.91 Å². The highest BCUT2D eigenvalue weighted by molar-refractivity contribution is 5.79. The Kier molecular flexibility index (Phi) is 6.26. The van der Waals surface area contributed by atoms with Gasteiger partial charge in [-0.05, 0) is 26.2 Å². The minimum atomic E-state index is -4.22. The van der Waals surface area contributed by atoms with E-state index in [9.17, 15) is 18.0 Å². The summed E-state index contributed by atoms with van der Waals surface area (Å²) in [7, 11) is 2.88. The zero-order chi connectivity index (χ0) is 15.3. The van der Waals surface area contributed by atoms with Crippen LogP contribution in [0.5, 0.6) is 0 Å². The number of carbonyl (C=O) groups is 1. The Bertz CT molecular complexity index is 318. The van der Waals surface area contributed by atoms with Gasteiger partial charge in [-0.2, -0.15) is 13.2 Å². The van der Waals surface area contributed by atoms with Crippen molar-refractivity contribution in [3.05, 3.63) is 0 Å². The zero-order valence-electron chi connectivity index (χ0n) is 12.0. The molecule has 4 nitrogen and oxygen atoms in total. The second kappa shape index (κ2) is 7.26. The summed E-state index contributed by atoms with van der Waals surface area (Å²) in [6.45, 7) is 1.69. The maximum Gasteiger partial charge on any atom is 0.391 e. The van der Waals surface area contributed by atoms with Gasteiger partial charge in [-0.25, -0.2) is 0 Å². The van der Waals surface area contributed by atoms with E-state index >= 15 is 0 Å². The molecule has 118 valence electrons. The van der Waals surface area contributed by atoms with Crippen LogP contribution in [0.25, 0.3) is 0 Å². The van der Waals surface area contributed by atoms with Crippen LogP contribution in [0.1, 0.15) is 32.6 Å². The van der Waals surface area contributed by atoms with Crippen LogP contribution in [0.3, 0.4) is 0 Å². The highest BCUT2D eigenvalue weighted by atomic mass is 19.4. The number of hydrogen-bond donors (Lipinski definition) is 1. The van der Waals surface area contributed by atoms with Gasteiger partial charge in [-0.15, -0.1) is 0 Å². The molecule has 1 rings (SSSR count). The van der Waals surface area contributed by atoms with E-state index in [1.54, 1.807) is 6.92 Å². The molecule has 0 aromatic heterocycles. The highest BCUT2D eigenvalue weighted by Gasteiger charge is 2.43. The largest absolute Gasteiger partial charge is 0.391 e. The molecule has 1 fully saturated rings. The fourth-order valence-corrected chi connectivity index (χ4v) is 2.64. The average Bonchev–Trinajstić information content (AvgIpc) is 2.39. The Balaban J connectivity index is 2.55. The SMILES string of the molecule is COC(OC)C(C)NC(=O)C1CCCC(C(F)(F)F)C1. The zero-order valence-corrected chi connectivity index (χ0v) is 12.0. The van der Waals surface area contributed by atoms with Crippen LogP contribution < -0.4 is 5.32 Å². The third-order valence-electron chi connectivity index (χ3n) is 3.75. The first-order valence-electron chi connectivity index (χ1n) is 6.72. The van der Waals surface area contributed by atoms with Crippen molar-refractivity contribution >= 4 is 5.91 Å². The standard InChI is InChI=1S/C13H22F3NO3/c1-8(12(19-2)20-3)17-11(18)9-5-4-6-10(7-9)13(14,15)16/h8-10,12H,4-7H2,1-3H3,(H,17,18). The summed E-state index contributed by atoms with van der Waals surface area (Å²) in [5.74, 6) is -2.32. The van der Waals surface area contributed by atoms with Crippen molar-refractivity contribution in [1.82, 2.24) is 5.32 Å². The van der Waals surface area contributed by atoms with Crippen LogP contribution in [-0.4, -0.2) is 38.6 Å². The minimum absolute atomic E-state index is 0.113. The summed E-state index contributed by atoms with van der Waals surface area (Å²) >= 11 is 0. The fourth-order valence-electron chi connectivity index (χ4n) is 2.64. The first kappa shape index (κ1) is 17.2. The monoisotopic (exact) mass is 297 g/mol. The fraction of sp³-hybridized carbons (Fsp3) is 0.923. The van der Waals surface area contributed by atoms with Gasteiger partial charge in [0.1, 0.15) is 0 Å². The van der Waals surface area contributed by atoms with E-state index in [1.165, 1.54) is 14.2 Å². The Morgan fingerprint density at radius 1 is 1.25 bits per heavy atom. The van der Waals surface area contributed by atoms with E-state index < -0.39 is 30.3 Å². The lowest BCUT2D eigenvalue weighted by molar-refractivity contribution is -0.186. The summed E-state index contributed by atoms with van der Waals surface area (Å²) in [4.78, 5) is 12.0. The Hall–Kier alpha value is -0.820. The van der Waals surface area contributed by atoms with E-state index in [4.69, 9.17) is 9.47 Å². The molecule has 0 heterocycles. The van der Waals surface area contributed by atoms with E-state index in [-0.39, 0.29) is 18.7 Å². The lowest BCUT2D eigenvalue weighted by Gasteiger charge is -2.31. The summed E-state index contributed by atoms with van der Waals surface area (Å²) in [6, 6.07) is -0.413. The molecular weight excluding hydrogens is 275 g/mol. The van der Waals surface area contributed by atoms with Gasteiger partial charge in [0.05, 0.1) is 12.0 Å². The van der Waals surface area contributed by atoms with Gasteiger partial charge >= 0.3 is 6.18 Å². The molecule has 0 radical (unpaired) electrons. The second-order valence-electron chi connectivity index (χ2n) is 5.24. The summed E-state index contributed by atoms with van der Waals surface area (Å²) in [6.07, 6.45) is -3.92. The molecule has 1 N–H and O–H groups in total. The van der Waals surface area contributed by atoms with Crippen LogP contribution in [0.2, 0.25) is 0 Å². The maximum absolute atomic E-state index is 12.7. The number of methoxy groups -OCH3 is 2. The number of nitrogens with one attached hydrogen (secondary N) is 1. The highest BCUT2D eigenvalue weighted by Crippen LogP contribution is 2.39. The number of alkyl halides is 3. The molecule has 0 bridgehead atoms. The summed E-state index contributed by atoms with van der Waals surface area (Å²) in [5, 5.41) is 2.67. The smallest absolute Gasteiger partial charge is 0.354 e. The van der Waals surface area contributed by atoms with Crippen LogP contribution in [-0.2, 0) is 14.3 Å². The number of halogens is 3. The number of rotatable bonds is 5. The van der Waals surface area contributed by atoms with E-state index in [1.807, 2.05) is 0 Å². The first-order chi connectivity index (χ1) is 9.29. The Labute approximate surface area is 117 Å². The van der Waals surface area contributed by atoms with Crippen molar-refractivity contribution in [3.63, 3.8) is 0 Å². The molecule has 7 heteroatoms. The third kappa shape index (κ3) is 4.63. The van der Waals surface area contributed by atoms with E-state index in [0.717, 1.165) is 0 Å². The molecule has 1 aliphatic rings. The molecule has 3 atom stereocenters. The van der Waals surface area contributed by atoms with Crippen LogP contribution in [0.4, 0.5) is 13.2 Å². The predicted molar refractivity (Wildman–Crippen MR) is 66.9 cm³/mol. The third-order valence-corrected chi connectivity index (χ3v) is 3.75. The predicted octanol–water partition coefficient (Wildman–Crippen LogP) is 2.48. The Morgan fingerprint density at radius 2 is 1.85 bits per heavy atom. The normalized spacial score (nSPS) is 25.6. The van der Waals surface area contributed by atoms with Gasteiger partial charge in [-0.3, -0.25) is 4.79 Å². The molecule has 1 saturated carbocycles. The van der Waals surface area contributed by atoms with Crippen molar-refractivity contribution in [2.75, 3.05) is 14.2 Å². The van der Waals surface area contributed by atoms with Crippen molar-refractivity contribution in [3.8, 4) is 0 Å². The van der Waals surface area contributed by atoms with Gasteiger partial charge < -0.3 is 14.8 Å². The summed E-state index contributed by atoms with van der Waals surface area (Å²) < 4.78 is 48.1. The lowest BCUT2D eigenvalue weighted by atomic mass is 9.80. The molecule has 0 spiro atoms. The first-order valence-corrected chi connectivity index (χ1v) is 6.72. The molecule has 3 unspecified atom stereocenters. The van der Waals surface area contributed by atoms with Crippen LogP contribution >= 0.6 is 0 Å². The molecule has 0 aliphatic heterocycles. The quantitative estimate of drug-likeness (QED) is 0.793. The van der Waals surface area contributed by atoms with Crippen LogP contribution in [0, 0.1) is 11.8 Å². The molecule has 0 aromatic carbocycles. The second-order valence-corrected chi connectivity index (χ2v) is 5.24. The van der Waals surface area contributed by atoms with Gasteiger partial charge in [0.25, 0.3) is 0 Å². The number of amides is 1. The number of carbonyl (C=O) groups excluding carboxylic acids is 1. The van der Waals surface area contributed by atoms with Gasteiger partial charge in [-0.1, -0.05) is 6.42 Å². The molecular formula is C13H22F3NO3. The maximum atomic E-state index is 12.7. The van der Waals surface area contributed by atoms with Gasteiger partial charge in [0.15, 0.2) is 6.29 Å². The summed E-state index contributed by atoms with van der Waals surface area (Å²) in [5.41, 5.74) is 0. The molecule has 1 aliphatic carbocycles. The van der Waals surface area contributed by atoms with E-state index in [0.29, 0.717) is 12.8 Å². The van der Waals surface area contributed by atoms with E-state index in [2.05, 4.69) is 5.32 Å². The average molecular weight is 297 g/mol. The van der Waals surface area contributed by atoms with Crippen molar-refractivity contribution in [2.45, 2.75) is 51.1 Å². The van der Waals surface area contributed by atoms with Crippen LogP contribution in [0.15, 0.2) is 0 Å². The molecule has 0 saturated heterocycles. The number of hydrogen-bond acceptors (Lipinski definition) is 3. The topological polar surface area (TPSA) is 47.6 Å². The molecule has 0 aromatic rings. The van der Waals surface area contributed by atoms with Crippen molar-refractivity contribution < 1.29 is 27.4 Å². The van der Waals surface area contributed by atoms with Crippen molar-refractivity contribution in [1.29, 1.82) is 0 Å². The number of ether oxygens (including phenoxy) is 2. The molecule has 1 amide bonds. The molecule has 20 heavy (non-hydrogen) atoms. The van der Waals surface area contributed by atoms with Crippen molar-refractivity contribution in [2.24, 2.45) is 11.8 Å². The van der Waals surface area contributed by atoms with Gasteiger partial charge in [0, 0.05) is 20.1 Å².